The minimum atomic E-state index is -0.275. The molecule has 1 aliphatic carbocycles. The standard InChI is InChI=1S/C20H20FN5O/c21-14-8-3-12(4-9-14)5-10-15(17(22)13-6-7-13)19(27)26-20-24-16-2-1-11-23-18(16)25-20/h1-4,8-9,11,13H,5-7,10,22H2,(H2,23,24,25,26,27). The summed E-state index contributed by atoms with van der Waals surface area (Å²) in [5.74, 6) is 0.0803. The summed E-state index contributed by atoms with van der Waals surface area (Å²) in [4.78, 5) is 24.3. The normalized spacial score (nSPS) is 14.9. The highest BCUT2D eigenvalue weighted by Gasteiger charge is 2.29. The van der Waals surface area contributed by atoms with E-state index in [1.165, 1.54) is 12.1 Å². The molecule has 7 heteroatoms. The van der Waals surface area contributed by atoms with Gasteiger partial charge in [0.05, 0.1) is 5.52 Å². The maximum atomic E-state index is 13.1. The van der Waals surface area contributed by atoms with Gasteiger partial charge in [-0.25, -0.2) is 9.37 Å². The highest BCUT2D eigenvalue weighted by molar-refractivity contribution is 6.03. The van der Waals surface area contributed by atoms with Crippen LogP contribution < -0.4 is 11.1 Å². The number of carbonyl (C=O) groups excluding carboxylic acids is 1. The van der Waals surface area contributed by atoms with Crippen molar-refractivity contribution < 1.29 is 9.18 Å². The van der Waals surface area contributed by atoms with E-state index in [1.54, 1.807) is 24.4 Å². The number of anilines is 1. The van der Waals surface area contributed by atoms with Gasteiger partial charge in [-0.05, 0) is 61.4 Å². The quantitative estimate of drug-likeness (QED) is 0.584. The minimum absolute atomic E-state index is 0.263. The lowest BCUT2D eigenvalue weighted by Crippen LogP contribution is -2.21. The Morgan fingerprint density at radius 3 is 2.74 bits per heavy atom. The van der Waals surface area contributed by atoms with Crippen molar-refractivity contribution in [1.82, 2.24) is 15.0 Å². The van der Waals surface area contributed by atoms with Crippen LogP contribution in [0, 0.1) is 11.7 Å². The average Bonchev–Trinajstić information content (AvgIpc) is 3.43. The zero-order valence-electron chi connectivity index (χ0n) is 14.7. The summed E-state index contributed by atoms with van der Waals surface area (Å²) in [5, 5.41) is 2.80. The zero-order chi connectivity index (χ0) is 18.8. The number of aryl methyl sites for hydroxylation is 1. The number of fused-ring (bicyclic) bond motifs is 1. The number of hydrogen-bond donors (Lipinski definition) is 3. The van der Waals surface area contributed by atoms with Crippen molar-refractivity contribution >= 4 is 23.0 Å². The monoisotopic (exact) mass is 365 g/mol. The van der Waals surface area contributed by atoms with E-state index < -0.39 is 0 Å². The van der Waals surface area contributed by atoms with E-state index in [0.717, 1.165) is 23.9 Å². The third kappa shape index (κ3) is 3.97. The van der Waals surface area contributed by atoms with Crippen molar-refractivity contribution in [2.75, 3.05) is 5.32 Å². The van der Waals surface area contributed by atoms with Crippen molar-refractivity contribution in [1.29, 1.82) is 0 Å². The molecule has 1 amide bonds. The number of benzene rings is 1. The molecule has 1 fully saturated rings. The largest absolute Gasteiger partial charge is 0.401 e. The predicted octanol–water partition coefficient (Wildman–Crippen LogP) is 3.29. The number of imidazole rings is 1. The molecule has 0 bridgehead atoms. The molecule has 0 atom stereocenters. The Labute approximate surface area is 155 Å². The first-order chi connectivity index (χ1) is 13.1. The first-order valence-corrected chi connectivity index (χ1v) is 8.95. The predicted molar refractivity (Wildman–Crippen MR) is 101 cm³/mol. The zero-order valence-corrected chi connectivity index (χ0v) is 14.7. The summed E-state index contributed by atoms with van der Waals surface area (Å²) in [6, 6.07) is 9.93. The molecule has 138 valence electrons. The number of carbonyl (C=O) groups is 1. The molecule has 0 saturated heterocycles. The molecular formula is C20H20FN5O. The van der Waals surface area contributed by atoms with Gasteiger partial charge in [-0.15, -0.1) is 0 Å². The van der Waals surface area contributed by atoms with Gasteiger partial charge >= 0.3 is 0 Å². The third-order valence-corrected chi connectivity index (χ3v) is 4.71. The molecule has 27 heavy (non-hydrogen) atoms. The fourth-order valence-electron chi connectivity index (χ4n) is 3.04. The number of halogens is 1. The molecule has 0 aliphatic heterocycles. The molecule has 1 aromatic carbocycles. The van der Waals surface area contributed by atoms with E-state index in [1.807, 2.05) is 6.07 Å². The average molecular weight is 365 g/mol. The lowest BCUT2D eigenvalue weighted by molar-refractivity contribution is -0.113. The fraction of sp³-hybridized carbons (Fsp3) is 0.250. The van der Waals surface area contributed by atoms with Crippen LogP contribution in [0.25, 0.3) is 11.2 Å². The summed E-state index contributed by atoms with van der Waals surface area (Å²) in [5.41, 5.74) is 9.71. The van der Waals surface area contributed by atoms with Gasteiger partial charge in [0.25, 0.3) is 5.91 Å². The van der Waals surface area contributed by atoms with E-state index in [9.17, 15) is 9.18 Å². The van der Waals surface area contributed by atoms with Crippen LogP contribution in [0.15, 0.2) is 53.9 Å². The highest BCUT2D eigenvalue weighted by atomic mass is 19.1. The Hall–Kier alpha value is -3.22. The van der Waals surface area contributed by atoms with E-state index in [4.69, 9.17) is 5.73 Å². The molecular weight excluding hydrogens is 345 g/mol. The number of pyridine rings is 1. The Morgan fingerprint density at radius 2 is 2.04 bits per heavy atom. The van der Waals surface area contributed by atoms with Gasteiger partial charge in [0, 0.05) is 17.5 Å². The van der Waals surface area contributed by atoms with Crippen LogP contribution in [-0.2, 0) is 11.2 Å². The summed E-state index contributed by atoms with van der Waals surface area (Å²) >= 11 is 0. The van der Waals surface area contributed by atoms with Gasteiger partial charge in [-0.1, -0.05) is 12.1 Å². The van der Waals surface area contributed by atoms with Crippen molar-refractivity contribution in [3.05, 3.63) is 65.2 Å². The second kappa shape index (κ2) is 7.19. The number of rotatable bonds is 6. The number of nitrogens with two attached hydrogens (primary N) is 1. The molecule has 1 saturated carbocycles. The highest BCUT2D eigenvalue weighted by Crippen LogP contribution is 2.36. The third-order valence-electron chi connectivity index (χ3n) is 4.71. The second-order valence-electron chi connectivity index (χ2n) is 6.75. The maximum Gasteiger partial charge on any atom is 0.255 e. The number of amides is 1. The fourth-order valence-corrected chi connectivity index (χ4v) is 3.04. The Kier molecular flexibility index (Phi) is 4.58. The van der Waals surface area contributed by atoms with Crippen LogP contribution in [0.2, 0.25) is 0 Å². The molecule has 2 aromatic heterocycles. The maximum absolute atomic E-state index is 13.1. The summed E-state index contributed by atoms with van der Waals surface area (Å²) in [7, 11) is 0. The molecule has 6 nitrogen and oxygen atoms in total. The number of nitrogens with one attached hydrogen (secondary N) is 2. The van der Waals surface area contributed by atoms with Crippen LogP contribution in [0.4, 0.5) is 10.3 Å². The van der Waals surface area contributed by atoms with Crippen molar-refractivity contribution in [3.8, 4) is 0 Å². The Balaban J connectivity index is 1.52. The molecule has 1 aliphatic rings. The Morgan fingerprint density at radius 1 is 1.26 bits per heavy atom. The van der Waals surface area contributed by atoms with E-state index in [-0.39, 0.29) is 17.6 Å². The van der Waals surface area contributed by atoms with Gasteiger partial charge in [0.2, 0.25) is 5.95 Å². The van der Waals surface area contributed by atoms with Crippen LogP contribution in [0.5, 0.6) is 0 Å². The molecule has 0 unspecified atom stereocenters. The second-order valence-corrected chi connectivity index (χ2v) is 6.75. The number of aromatic amines is 1. The minimum Gasteiger partial charge on any atom is -0.401 e. The summed E-state index contributed by atoms with van der Waals surface area (Å²) in [6.07, 6.45) is 4.76. The van der Waals surface area contributed by atoms with Crippen LogP contribution in [-0.4, -0.2) is 20.9 Å². The Bertz CT molecular complexity index is 972. The van der Waals surface area contributed by atoms with Gasteiger partial charge < -0.3 is 10.7 Å². The molecule has 4 N–H and O–H groups in total. The van der Waals surface area contributed by atoms with Crippen molar-refractivity contribution in [2.45, 2.75) is 25.7 Å². The summed E-state index contributed by atoms with van der Waals surface area (Å²) in [6.45, 7) is 0. The summed E-state index contributed by atoms with van der Waals surface area (Å²) < 4.78 is 13.1. The number of allylic oxidation sites excluding steroid dienone is 1. The van der Waals surface area contributed by atoms with Crippen LogP contribution in [0.1, 0.15) is 24.8 Å². The first kappa shape index (κ1) is 17.2. The molecule has 2 heterocycles. The SMILES string of the molecule is NC(=C(CCc1ccc(F)cc1)C(=O)Nc1nc2ncccc2[nH]1)C1CC1. The van der Waals surface area contributed by atoms with E-state index in [2.05, 4.69) is 20.3 Å². The number of hydrogen-bond acceptors (Lipinski definition) is 4. The van der Waals surface area contributed by atoms with E-state index in [0.29, 0.717) is 35.7 Å². The van der Waals surface area contributed by atoms with Crippen LogP contribution in [0.3, 0.4) is 0 Å². The first-order valence-electron chi connectivity index (χ1n) is 8.95. The topological polar surface area (TPSA) is 96.7 Å². The molecule has 0 radical (unpaired) electrons. The van der Waals surface area contributed by atoms with Crippen LogP contribution >= 0.6 is 0 Å². The smallest absolute Gasteiger partial charge is 0.255 e. The van der Waals surface area contributed by atoms with Crippen molar-refractivity contribution in [2.24, 2.45) is 11.7 Å². The van der Waals surface area contributed by atoms with Crippen molar-refractivity contribution in [3.63, 3.8) is 0 Å². The number of aromatic nitrogens is 3. The molecule has 3 aromatic rings. The number of nitrogens with zero attached hydrogens (tertiary/aromatic N) is 2. The lowest BCUT2D eigenvalue weighted by atomic mass is 10.0. The van der Waals surface area contributed by atoms with Gasteiger partial charge in [0.15, 0.2) is 5.65 Å². The molecule has 4 rings (SSSR count). The number of H-pyrrole nitrogens is 1. The van der Waals surface area contributed by atoms with Gasteiger partial charge in [-0.3, -0.25) is 10.1 Å². The van der Waals surface area contributed by atoms with E-state index >= 15 is 0 Å². The lowest BCUT2D eigenvalue weighted by Gasteiger charge is -2.11. The van der Waals surface area contributed by atoms with Gasteiger partial charge in [-0.2, -0.15) is 4.98 Å². The molecule has 0 spiro atoms. The van der Waals surface area contributed by atoms with Gasteiger partial charge in [0.1, 0.15) is 5.82 Å².